The molecular formula is C42H40O4P2. The summed E-state index contributed by atoms with van der Waals surface area (Å²) in [5.41, 5.74) is -0.786. The van der Waals surface area contributed by atoms with Gasteiger partial charge in [-0.05, 0) is 38.8 Å². The Kier molecular flexibility index (Phi) is 9.07. The Hall–Kier alpha value is -4.30. The molecule has 0 bridgehead atoms. The Balaban J connectivity index is 1.86. The third-order valence-electron chi connectivity index (χ3n) is 8.81. The lowest BCUT2D eigenvalue weighted by Crippen LogP contribution is -2.34. The van der Waals surface area contributed by atoms with Crippen molar-refractivity contribution >= 4 is 46.1 Å². The normalized spacial score (nSPS) is 12.5. The van der Waals surface area contributed by atoms with Crippen molar-refractivity contribution in [2.75, 3.05) is 0 Å². The minimum atomic E-state index is -3.65. The van der Waals surface area contributed by atoms with Crippen molar-refractivity contribution in [1.29, 1.82) is 0 Å². The largest absolute Gasteiger partial charge is 0.386 e. The van der Waals surface area contributed by atoms with E-state index >= 15 is 9.13 Å². The summed E-state index contributed by atoms with van der Waals surface area (Å²) in [6.07, 6.45) is 0. The molecule has 0 atom stereocenters. The highest BCUT2D eigenvalue weighted by Gasteiger charge is 2.41. The molecule has 0 amide bonds. The highest BCUT2D eigenvalue weighted by molar-refractivity contribution is 7.86. The average molecular weight is 671 g/mol. The maximum Gasteiger partial charge on any atom is 0.171 e. The van der Waals surface area contributed by atoms with Crippen LogP contribution in [0.15, 0.2) is 158 Å². The van der Waals surface area contributed by atoms with Crippen LogP contribution in [0.4, 0.5) is 0 Å². The molecule has 0 aliphatic rings. The number of aliphatic hydroxyl groups is 2. The lowest BCUT2D eigenvalue weighted by molar-refractivity contribution is 0.0768. The van der Waals surface area contributed by atoms with Crippen LogP contribution in [0, 0.1) is 0 Å². The van der Waals surface area contributed by atoms with Crippen LogP contribution in [0.25, 0.3) is 11.1 Å². The van der Waals surface area contributed by atoms with Gasteiger partial charge >= 0.3 is 0 Å². The van der Waals surface area contributed by atoms with E-state index in [0.717, 1.165) is 0 Å². The van der Waals surface area contributed by atoms with Gasteiger partial charge in [0.1, 0.15) is 0 Å². The standard InChI is InChI=1S/C42H40O4P2/c1-41(2,43)35-27-17-29-37(47(45,31-19-9-5-10-20-31)32-21-11-6-12-22-32)39(35)40-36(42(3,4)44)28-18-30-38(40)48(46,33-23-13-7-14-24-33)34-25-15-8-16-26-34/h5-30,43-44H,1-4H3. The second kappa shape index (κ2) is 13.0. The van der Waals surface area contributed by atoms with Crippen molar-refractivity contribution in [3.63, 3.8) is 0 Å². The summed E-state index contributed by atoms with van der Waals surface area (Å²) >= 11 is 0. The zero-order valence-corrected chi connectivity index (χ0v) is 29.4. The van der Waals surface area contributed by atoms with Crippen molar-refractivity contribution in [2.24, 2.45) is 0 Å². The van der Waals surface area contributed by atoms with E-state index in [2.05, 4.69) is 0 Å². The maximum absolute atomic E-state index is 16.1. The summed E-state index contributed by atoms with van der Waals surface area (Å²) in [6, 6.07) is 48.6. The van der Waals surface area contributed by atoms with Gasteiger partial charge < -0.3 is 19.3 Å². The maximum atomic E-state index is 16.1. The molecule has 0 aromatic heterocycles. The van der Waals surface area contributed by atoms with Crippen molar-refractivity contribution < 1.29 is 19.3 Å². The van der Waals surface area contributed by atoms with Crippen molar-refractivity contribution in [1.82, 2.24) is 0 Å². The van der Waals surface area contributed by atoms with E-state index in [4.69, 9.17) is 0 Å². The van der Waals surface area contributed by atoms with Crippen LogP contribution < -0.4 is 31.8 Å². The Labute approximate surface area is 283 Å². The van der Waals surface area contributed by atoms with Crippen LogP contribution in [0.2, 0.25) is 0 Å². The molecule has 6 heteroatoms. The molecule has 0 aliphatic carbocycles. The molecule has 6 aromatic rings. The predicted molar refractivity (Wildman–Crippen MR) is 201 cm³/mol. The summed E-state index contributed by atoms with van der Waals surface area (Å²) in [6.45, 7) is 6.80. The van der Waals surface area contributed by atoms with Crippen LogP contribution in [0.5, 0.6) is 0 Å². The first kappa shape index (κ1) is 33.6. The van der Waals surface area contributed by atoms with Gasteiger partial charge in [0.2, 0.25) is 0 Å². The van der Waals surface area contributed by atoms with Crippen LogP contribution in [0.3, 0.4) is 0 Å². The molecule has 0 saturated heterocycles. The van der Waals surface area contributed by atoms with E-state index in [1.807, 2.05) is 158 Å². The van der Waals surface area contributed by atoms with Crippen molar-refractivity contribution in [3.05, 3.63) is 169 Å². The molecule has 0 fully saturated rings. The van der Waals surface area contributed by atoms with E-state index in [0.29, 0.717) is 54.1 Å². The smallest absolute Gasteiger partial charge is 0.171 e. The van der Waals surface area contributed by atoms with Gasteiger partial charge in [0.05, 0.1) is 11.2 Å². The molecule has 2 N–H and O–H groups in total. The molecule has 242 valence electrons. The summed E-state index contributed by atoms with van der Waals surface area (Å²) in [5, 5.41) is 27.2. The topological polar surface area (TPSA) is 74.6 Å². The Morgan fingerprint density at radius 3 is 0.854 bits per heavy atom. The minimum Gasteiger partial charge on any atom is -0.386 e. The fourth-order valence-electron chi connectivity index (χ4n) is 6.56. The SMILES string of the molecule is CC(C)(O)c1cccc(P(=O)(c2ccccc2)c2ccccc2)c1-c1c(C(C)(C)O)cccc1P(=O)(c1ccccc1)c1ccccc1. The van der Waals surface area contributed by atoms with E-state index in [9.17, 15) is 10.2 Å². The third kappa shape index (κ3) is 5.96. The molecule has 0 radical (unpaired) electrons. The number of hydrogen-bond donors (Lipinski definition) is 2. The Morgan fingerprint density at radius 1 is 0.375 bits per heavy atom. The summed E-state index contributed by atoms with van der Waals surface area (Å²) in [7, 11) is -7.29. The van der Waals surface area contributed by atoms with Crippen LogP contribution in [-0.4, -0.2) is 10.2 Å². The van der Waals surface area contributed by atoms with Gasteiger partial charge in [0, 0.05) is 43.0 Å². The van der Waals surface area contributed by atoms with Gasteiger partial charge in [0.15, 0.2) is 14.3 Å². The highest BCUT2D eigenvalue weighted by atomic mass is 31.2. The molecular weight excluding hydrogens is 630 g/mol. The van der Waals surface area contributed by atoms with Gasteiger partial charge in [0.25, 0.3) is 0 Å². The predicted octanol–water partition coefficient (Wildman–Crippen LogP) is 7.09. The van der Waals surface area contributed by atoms with Gasteiger partial charge in [-0.3, -0.25) is 0 Å². The second-order valence-electron chi connectivity index (χ2n) is 13.1. The van der Waals surface area contributed by atoms with Gasteiger partial charge in [-0.15, -0.1) is 0 Å². The number of hydrogen-bond acceptors (Lipinski definition) is 4. The molecule has 6 aromatic carbocycles. The second-order valence-corrected chi connectivity index (χ2v) is 18.5. The highest BCUT2D eigenvalue weighted by Crippen LogP contribution is 2.52. The Bertz CT molecular complexity index is 1890. The lowest BCUT2D eigenvalue weighted by atomic mass is 9.84. The molecule has 6 rings (SSSR count). The lowest BCUT2D eigenvalue weighted by Gasteiger charge is -2.34. The van der Waals surface area contributed by atoms with E-state index in [1.165, 1.54) is 0 Å². The minimum absolute atomic E-state index is 0.491. The van der Waals surface area contributed by atoms with Gasteiger partial charge in [-0.1, -0.05) is 158 Å². The monoisotopic (exact) mass is 670 g/mol. The summed E-state index contributed by atoms with van der Waals surface area (Å²) < 4.78 is 32.3. The summed E-state index contributed by atoms with van der Waals surface area (Å²) in [4.78, 5) is 0. The Morgan fingerprint density at radius 2 is 0.625 bits per heavy atom. The number of rotatable bonds is 9. The molecule has 4 nitrogen and oxygen atoms in total. The number of benzene rings is 6. The summed E-state index contributed by atoms with van der Waals surface area (Å²) in [5.74, 6) is 0. The zero-order chi connectivity index (χ0) is 34.2. The van der Waals surface area contributed by atoms with Crippen molar-refractivity contribution in [3.8, 4) is 11.1 Å². The zero-order valence-electron chi connectivity index (χ0n) is 27.6. The van der Waals surface area contributed by atoms with E-state index in [-0.39, 0.29) is 0 Å². The molecule has 0 saturated carbocycles. The fourth-order valence-corrected chi connectivity index (χ4v) is 12.3. The van der Waals surface area contributed by atoms with E-state index < -0.39 is 25.5 Å². The fraction of sp³-hybridized carbons (Fsp3) is 0.143. The first-order valence-electron chi connectivity index (χ1n) is 16.0. The van der Waals surface area contributed by atoms with Gasteiger partial charge in [-0.25, -0.2) is 0 Å². The average Bonchev–Trinajstić information content (AvgIpc) is 3.11. The van der Waals surface area contributed by atoms with E-state index in [1.54, 1.807) is 27.7 Å². The van der Waals surface area contributed by atoms with Crippen LogP contribution in [-0.2, 0) is 20.3 Å². The van der Waals surface area contributed by atoms with Crippen LogP contribution in [0.1, 0.15) is 38.8 Å². The van der Waals surface area contributed by atoms with Crippen molar-refractivity contribution in [2.45, 2.75) is 38.9 Å². The third-order valence-corrected chi connectivity index (χ3v) is 15.0. The molecule has 0 spiro atoms. The molecule has 0 heterocycles. The quantitative estimate of drug-likeness (QED) is 0.161. The first-order chi connectivity index (χ1) is 22.9. The molecule has 0 aliphatic heterocycles. The van der Waals surface area contributed by atoms with Gasteiger partial charge in [-0.2, -0.15) is 0 Å². The first-order valence-corrected chi connectivity index (χ1v) is 19.4. The molecule has 48 heavy (non-hydrogen) atoms. The molecule has 0 unspecified atom stereocenters. The van der Waals surface area contributed by atoms with Crippen LogP contribution >= 0.6 is 14.3 Å².